The third-order valence-corrected chi connectivity index (χ3v) is 5.34. The van der Waals surface area contributed by atoms with Crippen molar-refractivity contribution in [1.82, 2.24) is 15.1 Å². The molecular weight excluding hydrogens is 298 g/mol. The quantitative estimate of drug-likeness (QED) is 0.923. The van der Waals surface area contributed by atoms with Crippen molar-refractivity contribution < 1.29 is 4.79 Å². The van der Waals surface area contributed by atoms with Gasteiger partial charge in [-0.2, -0.15) is 0 Å². The van der Waals surface area contributed by atoms with Crippen molar-refractivity contribution in [2.75, 3.05) is 39.3 Å². The molecule has 0 saturated carbocycles. The molecule has 3 rings (SSSR count). The normalized spacial score (nSPS) is 21.0. The van der Waals surface area contributed by atoms with Crippen LogP contribution < -0.4 is 5.32 Å². The molecule has 2 fully saturated rings. The lowest BCUT2D eigenvalue weighted by atomic mass is 9.96. The molecule has 2 aliphatic heterocycles. The number of hydrogen-bond donors (Lipinski definition) is 1. The maximum absolute atomic E-state index is 13.3. The van der Waals surface area contributed by atoms with E-state index < -0.39 is 0 Å². The van der Waals surface area contributed by atoms with Crippen molar-refractivity contribution in [2.24, 2.45) is 0 Å². The van der Waals surface area contributed by atoms with Crippen LogP contribution in [0.5, 0.6) is 0 Å². The summed E-state index contributed by atoms with van der Waals surface area (Å²) >= 11 is 0. The molecule has 1 N–H and O–H groups in total. The van der Waals surface area contributed by atoms with Crippen LogP contribution in [0, 0.1) is 0 Å². The smallest absolute Gasteiger partial charge is 0.244 e. The third kappa shape index (κ3) is 3.98. The molecule has 1 aromatic carbocycles. The molecule has 1 atom stereocenters. The second-order valence-electron chi connectivity index (χ2n) is 7.40. The van der Waals surface area contributed by atoms with E-state index in [1.807, 2.05) is 0 Å². The Labute approximate surface area is 146 Å². The SMILES string of the molecule is CC(C)c1ccc(C(C(=O)N2CCCCC2)N2CCNCC2)cc1. The average Bonchev–Trinajstić information content (AvgIpc) is 2.64. The summed E-state index contributed by atoms with van der Waals surface area (Å²) in [6.45, 7) is 10.1. The van der Waals surface area contributed by atoms with Crippen molar-refractivity contribution in [3.8, 4) is 0 Å². The molecule has 1 amide bonds. The van der Waals surface area contributed by atoms with Crippen LogP contribution in [0.4, 0.5) is 0 Å². The van der Waals surface area contributed by atoms with Gasteiger partial charge >= 0.3 is 0 Å². The topological polar surface area (TPSA) is 35.6 Å². The minimum atomic E-state index is -0.119. The maximum Gasteiger partial charge on any atom is 0.244 e. The van der Waals surface area contributed by atoms with Crippen LogP contribution in [0.25, 0.3) is 0 Å². The molecule has 0 radical (unpaired) electrons. The lowest BCUT2D eigenvalue weighted by molar-refractivity contribution is -0.138. The van der Waals surface area contributed by atoms with Crippen molar-refractivity contribution in [3.63, 3.8) is 0 Å². The largest absolute Gasteiger partial charge is 0.341 e. The second kappa shape index (κ2) is 8.13. The fourth-order valence-electron chi connectivity index (χ4n) is 3.80. The van der Waals surface area contributed by atoms with Crippen molar-refractivity contribution in [1.29, 1.82) is 0 Å². The number of piperidine rings is 1. The Hall–Kier alpha value is -1.39. The number of nitrogens with zero attached hydrogens (tertiary/aromatic N) is 2. The predicted molar refractivity (Wildman–Crippen MR) is 98.1 cm³/mol. The van der Waals surface area contributed by atoms with E-state index in [0.29, 0.717) is 11.8 Å². The highest BCUT2D eigenvalue weighted by Crippen LogP contribution is 2.27. The standard InChI is InChI=1S/C20H31N3O/c1-16(2)17-6-8-18(9-7-17)19(22-14-10-21-11-15-22)20(24)23-12-4-3-5-13-23/h6-9,16,19,21H,3-5,10-15H2,1-2H3. The van der Waals surface area contributed by atoms with Crippen molar-refractivity contribution in [2.45, 2.75) is 45.1 Å². The molecule has 132 valence electrons. The number of rotatable bonds is 4. The Morgan fingerprint density at radius 3 is 2.08 bits per heavy atom. The second-order valence-corrected chi connectivity index (χ2v) is 7.40. The summed E-state index contributed by atoms with van der Waals surface area (Å²) in [6.07, 6.45) is 3.55. The van der Waals surface area contributed by atoms with Gasteiger partial charge in [0.2, 0.25) is 5.91 Å². The number of benzene rings is 1. The number of hydrogen-bond acceptors (Lipinski definition) is 3. The zero-order valence-electron chi connectivity index (χ0n) is 15.1. The van der Waals surface area contributed by atoms with Gasteiger partial charge in [0.15, 0.2) is 0 Å². The molecule has 0 bridgehead atoms. The van der Waals surface area contributed by atoms with Gasteiger partial charge < -0.3 is 10.2 Å². The lowest BCUT2D eigenvalue weighted by Crippen LogP contribution is -2.51. The summed E-state index contributed by atoms with van der Waals surface area (Å²) in [7, 11) is 0. The fraction of sp³-hybridized carbons (Fsp3) is 0.650. The monoisotopic (exact) mass is 329 g/mol. The first-order valence-corrected chi connectivity index (χ1v) is 9.50. The molecule has 1 unspecified atom stereocenters. The van der Waals surface area contributed by atoms with E-state index in [-0.39, 0.29) is 6.04 Å². The Morgan fingerprint density at radius 2 is 1.50 bits per heavy atom. The van der Waals surface area contributed by atoms with E-state index in [4.69, 9.17) is 0 Å². The van der Waals surface area contributed by atoms with Crippen LogP contribution in [0.2, 0.25) is 0 Å². The summed E-state index contributed by atoms with van der Waals surface area (Å²) in [4.78, 5) is 17.7. The Morgan fingerprint density at radius 1 is 0.917 bits per heavy atom. The first-order valence-electron chi connectivity index (χ1n) is 9.50. The molecule has 24 heavy (non-hydrogen) atoms. The van der Waals surface area contributed by atoms with Gasteiger partial charge in [0.05, 0.1) is 0 Å². The van der Waals surface area contributed by atoms with Gasteiger partial charge in [-0.05, 0) is 36.3 Å². The first-order chi connectivity index (χ1) is 11.7. The number of carbonyl (C=O) groups is 1. The number of carbonyl (C=O) groups excluding carboxylic acids is 1. The van der Waals surface area contributed by atoms with E-state index in [0.717, 1.165) is 57.7 Å². The van der Waals surface area contributed by atoms with E-state index in [2.05, 4.69) is 53.2 Å². The number of nitrogens with one attached hydrogen (secondary N) is 1. The summed E-state index contributed by atoms with van der Waals surface area (Å²) in [5.41, 5.74) is 2.49. The van der Waals surface area contributed by atoms with Crippen LogP contribution >= 0.6 is 0 Å². The van der Waals surface area contributed by atoms with Gasteiger partial charge in [-0.15, -0.1) is 0 Å². The van der Waals surface area contributed by atoms with Crippen LogP contribution in [-0.2, 0) is 4.79 Å². The lowest BCUT2D eigenvalue weighted by Gasteiger charge is -2.38. The van der Waals surface area contributed by atoms with Crippen molar-refractivity contribution in [3.05, 3.63) is 35.4 Å². The highest BCUT2D eigenvalue weighted by molar-refractivity contribution is 5.83. The molecule has 2 heterocycles. The number of amides is 1. The van der Waals surface area contributed by atoms with Crippen LogP contribution in [0.15, 0.2) is 24.3 Å². The Balaban J connectivity index is 1.84. The van der Waals surface area contributed by atoms with Crippen molar-refractivity contribution >= 4 is 5.91 Å². The van der Waals surface area contributed by atoms with Crippen LogP contribution in [-0.4, -0.2) is 55.0 Å². The summed E-state index contributed by atoms with van der Waals surface area (Å²) in [6, 6.07) is 8.61. The molecule has 0 aliphatic carbocycles. The predicted octanol–water partition coefficient (Wildman–Crippen LogP) is 2.77. The minimum Gasteiger partial charge on any atom is -0.341 e. The van der Waals surface area contributed by atoms with Gasteiger partial charge in [-0.1, -0.05) is 38.1 Å². The minimum absolute atomic E-state index is 0.119. The van der Waals surface area contributed by atoms with E-state index in [1.165, 1.54) is 12.0 Å². The van der Waals surface area contributed by atoms with E-state index >= 15 is 0 Å². The molecular formula is C20H31N3O. The summed E-state index contributed by atoms with van der Waals surface area (Å²) < 4.78 is 0. The average molecular weight is 329 g/mol. The Kier molecular flexibility index (Phi) is 5.90. The molecule has 4 heteroatoms. The zero-order chi connectivity index (χ0) is 16.9. The van der Waals surface area contributed by atoms with Crippen LogP contribution in [0.3, 0.4) is 0 Å². The third-order valence-electron chi connectivity index (χ3n) is 5.34. The highest BCUT2D eigenvalue weighted by atomic mass is 16.2. The van der Waals surface area contributed by atoms with Gasteiger partial charge in [-0.25, -0.2) is 0 Å². The number of likely N-dealkylation sites (tertiary alicyclic amines) is 1. The molecule has 1 aromatic rings. The van der Waals surface area contributed by atoms with E-state index in [9.17, 15) is 4.79 Å². The Bertz CT molecular complexity index is 528. The molecule has 4 nitrogen and oxygen atoms in total. The number of piperazine rings is 1. The summed E-state index contributed by atoms with van der Waals surface area (Å²) in [5, 5.41) is 3.40. The highest BCUT2D eigenvalue weighted by Gasteiger charge is 2.32. The van der Waals surface area contributed by atoms with Gasteiger partial charge in [0.1, 0.15) is 6.04 Å². The molecule has 2 aliphatic rings. The maximum atomic E-state index is 13.3. The van der Waals surface area contributed by atoms with Gasteiger partial charge in [0, 0.05) is 39.3 Å². The molecule has 0 aromatic heterocycles. The molecule has 2 saturated heterocycles. The fourth-order valence-corrected chi connectivity index (χ4v) is 3.80. The summed E-state index contributed by atoms with van der Waals surface area (Å²) in [5.74, 6) is 0.823. The van der Waals surface area contributed by atoms with Gasteiger partial charge in [0.25, 0.3) is 0 Å². The van der Waals surface area contributed by atoms with E-state index in [1.54, 1.807) is 0 Å². The molecule has 0 spiro atoms. The zero-order valence-corrected chi connectivity index (χ0v) is 15.1. The van der Waals surface area contributed by atoms with Gasteiger partial charge in [-0.3, -0.25) is 9.69 Å². The first kappa shape index (κ1) is 17.4. The van der Waals surface area contributed by atoms with Crippen LogP contribution in [0.1, 0.15) is 56.2 Å².